The van der Waals surface area contributed by atoms with Crippen LogP contribution in [0.25, 0.3) is 10.9 Å². The van der Waals surface area contributed by atoms with Crippen molar-refractivity contribution in [2.75, 3.05) is 20.8 Å². The van der Waals surface area contributed by atoms with E-state index in [1.54, 1.807) is 26.4 Å². The van der Waals surface area contributed by atoms with E-state index in [1.807, 2.05) is 18.3 Å². The first-order valence-electron chi connectivity index (χ1n) is 11.7. The maximum atomic E-state index is 11.4. The van der Waals surface area contributed by atoms with Gasteiger partial charge in [-0.15, -0.1) is 0 Å². The van der Waals surface area contributed by atoms with Crippen LogP contribution in [0.15, 0.2) is 42.6 Å². The number of ether oxygens (including phenoxy) is 2. The number of fused-ring (bicyclic) bond motifs is 1. The second-order valence-corrected chi connectivity index (χ2v) is 9.77. The first-order chi connectivity index (χ1) is 15.9. The average molecular weight is 449 g/mol. The molecular formula is C27H32N2O4. The molecule has 6 heteroatoms. The fourth-order valence-electron chi connectivity index (χ4n) is 5.97. The Kier molecular flexibility index (Phi) is 5.67. The lowest BCUT2D eigenvalue weighted by atomic mass is 9.59. The predicted octanol–water partition coefficient (Wildman–Crippen LogP) is 5.32. The number of aryl methyl sites for hydroxylation is 1. The van der Waals surface area contributed by atoms with E-state index >= 15 is 0 Å². The van der Waals surface area contributed by atoms with E-state index in [2.05, 4.69) is 28.9 Å². The number of aromatic nitrogens is 1. The molecule has 1 aromatic heterocycles. The molecule has 6 nitrogen and oxygen atoms in total. The molecule has 0 amide bonds. The van der Waals surface area contributed by atoms with Crippen molar-refractivity contribution in [2.24, 2.45) is 5.41 Å². The van der Waals surface area contributed by atoms with Crippen LogP contribution in [-0.4, -0.2) is 47.8 Å². The second-order valence-electron chi connectivity index (χ2n) is 9.77. The number of likely N-dealkylation sites (tertiary alicyclic amines) is 1. The Morgan fingerprint density at radius 1 is 1.18 bits per heavy atom. The van der Waals surface area contributed by atoms with Crippen molar-refractivity contribution in [3.8, 4) is 5.75 Å². The van der Waals surface area contributed by atoms with Crippen LogP contribution < -0.4 is 4.74 Å². The lowest BCUT2D eigenvalue weighted by Crippen LogP contribution is -2.50. The fraction of sp³-hybridized carbons (Fsp3) is 0.444. The van der Waals surface area contributed by atoms with Gasteiger partial charge in [-0.25, -0.2) is 4.79 Å². The van der Waals surface area contributed by atoms with Crippen molar-refractivity contribution in [1.29, 1.82) is 0 Å². The molecule has 1 atom stereocenters. The van der Waals surface area contributed by atoms with E-state index < -0.39 is 5.97 Å². The summed E-state index contributed by atoms with van der Waals surface area (Å²) in [5, 5.41) is 10.5. The molecule has 174 valence electrons. The molecule has 0 radical (unpaired) electrons. The van der Waals surface area contributed by atoms with Gasteiger partial charge in [0, 0.05) is 42.4 Å². The van der Waals surface area contributed by atoms with Gasteiger partial charge in [0.1, 0.15) is 5.75 Å². The number of carbonyl (C=O) groups is 1. The normalized spacial score (nSPS) is 25.3. The van der Waals surface area contributed by atoms with Crippen LogP contribution in [0.1, 0.15) is 58.8 Å². The van der Waals surface area contributed by atoms with E-state index in [0.29, 0.717) is 17.1 Å². The molecule has 0 bridgehead atoms. The average Bonchev–Trinajstić information content (AvgIpc) is 3.30. The Bertz CT molecular complexity index is 1160. The number of aromatic carboxylic acids is 1. The smallest absolute Gasteiger partial charge is 0.335 e. The van der Waals surface area contributed by atoms with Crippen LogP contribution in [0, 0.1) is 12.3 Å². The summed E-state index contributed by atoms with van der Waals surface area (Å²) in [5.41, 5.74) is 5.35. The van der Waals surface area contributed by atoms with Gasteiger partial charge in [-0.05, 0) is 80.0 Å². The largest absolute Gasteiger partial charge is 0.496 e. The molecule has 1 spiro atoms. The maximum absolute atomic E-state index is 11.4. The molecule has 1 saturated heterocycles. The maximum Gasteiger partial charge on any atom is 0.335 e. The van der Waals surface area contributed by atoms with E-state index in [9.17, 15) is 9.90 Å². The molecule has 3 aromatic rings. The Hall–Kier alpha value is -2.83. The van der Waals surface area contributed by atoms with Crippen LogP contribution in [-0.2, 0) is 11.3 Å². The van der Waals surface area contributed by atoms with Crippen LogP contribution >= 0.6 is 0 Å². The number of piperidine rings is 1. The zero-order valence-corrected chi connectivity index (χ0v) is 19.6. The zero-order valence-electron chi connectivity index (χ0n) is 19.6. The topological polar surface area (TPSA) is 74.8 Å². The van der Waals surface area contributed by atoms with Crippen molar-refractivity contribution in [1.82, 2.24) is 9.88 Å². The summed E-state index contributed by atoms with van der Waals surface area (Å²) in [5.74, 6) is 0.0302. The number of nitrogens with zero attached hydrogens (tertiary/aromatic N) is 1. The van der Waals surface area contributed by atoms with E-state index in [4.69, 9.17) is 9.47 Å². The predicted molar refractivity (Wildman–Crippen MR) is 128 cm³/mol. The van der Waals surface area contributed by atoms with Crippen molar-refractivity contribution >= 4 is 16.9 Å². The minimum atomic E-state index is -0.889. The highest BCUT2D eigenvalue weighted by Crippen LogP contribution is 2.55. The molecule has 2 fully saturated rings. The summed E-state index contributed by atoms with van der Waals surface area (Å²) in [6.07, 6.45) is 6.79. The quantitative estimate of drug-likeness (QED) is 0.534. The molecule has 1 aliphatic heterocycles. The molecule has 1 aliphatic carbocycles. The first-order valence-corrected chi connectivity index (χ1v) is 11.7. The standard InChI is InChI=1S/C27H32N2O4/c1-17-12-24(33-3)22(21-8-10-28-25(17)21)16-29-11-9-27(13-20(14-27)32-2)15-23(29)18-4-6-19(7-5-18)26(30)31/h4-8,10,12,20,23,28H,9,11,13-16H2,1-3H3,(H,30,31). The van der Waals surface area contributed by atoms with Gasteiger partial charge in [-0.1, -0.05) is 12.1 Å². The van der Waals surface area contributed by atoms with Gasteiger partial charge in [0.15, 0.2) is 0 Å². The molecule has 2 aromatic carbocycles. The minimum Gasteiger partial charge on any atom is -0.496 e. The van der Waals surface area contributed by atoms with Crippen molar-refractivity contribution in [3.05, 3.63) is 64.8 Å². The number of carboxylic acid groups (broad SMARTS) is 1. The fourth-order valence-corrected chi connectivity index (χ4v) is 5.97. The lowest BCUT2D eigenvalue weighted by Gasteiger charge is -2.54. The van der Waals surface area contributed by atoms with Crippen molar-refractivity contribution < 1.29 is 19.4 Å². The Morgan fingerprint density at radius 2 is 1.94 bits per heavy atom. The number of nitrogens with one attached hydrogen (secondary N) is 1. The van der Waals surface area contributed by atoms with E-state index in [-0.39, 0.29) is 6.04 Å². The van der Waals surface area contributed by atoms with Gasteiger partial charge in [-0.2, -0.15) is 0 Å². The molecule has 33 heavy (non-hydrogen) atoms. The van der Waals surface area contributed by atoms with Crippen molar-refractivity contribution in [2.45, 2.75) is 51.3 Å². The molecule has 1 unspecified atom stereocenters. The number of methoxy groups -OCH3 is 2. The van der Waals surface area contributed by atoms with Crippen LogP contribution in [0.3, 0.4) is 0 Å². The highest BCUT2D eigenvalue weighted by Gasteiger charge is 2.49. The summed E-state index contributed by atoms with van der Waals surface area (Å²) in [4.78, 5) is 17.3. The number of carboxylic acids is 1. The summed E-state index contributed by atoms with van der Waals surface area (Å²) < 4.78 is 11.4. The third-order valence-electron chi connectivity index (χ3n) is 7.89. The Morgan fingerprint density at radius 3 is 2.61 bits per heavy atom. The summed E-state index contributed by atoms with van der Waals surface area (Å²) in [6.45, 7) is 3.88. The van der Waals surface area contributed by atoms with Crippen LogP contribution in [0.2, 0.25) is 0 Å². The van der Waals surface area contributed by atoms with Crippen LogP contribution in [0.4, 0.5) is 0 Å². The Balaban J connectivity index is 1.49. The first kappa shape index (κ1) is 22.0. The lowest BCUT2D eigenvalue weighted by molar-refractivity contribution is -0.103. The van der Waals surface area contributed by atoms with Gasteiger partial charge in [0.2, 0.25) is 0 Å². The van der Waals surface area contributed by atoms with Crippen molar-refractivity contribution in [3.63, 3.8) is 0 Å². The molecule has 1 saturated carbocycles. The summed E-state index contributed by atoms with van der Waals surface area (Å²) >= 11 is 0. The van der Waals surface area contributed by atoms with E-state index in [1.165, 1.54) is 22.1 Å². The third-order valence-corrected chi connectivity index (χ3v) is 7.89. The SMILES string of the molecule is COc1cc(C)c2[nH]ccc2c1CN1CCC2(CC(OC)C2)CC1c1ccc(C(=O)O)cc1. The third kappa shape index (κ3) is 3.91. The number of H-pyrrole nitrogens is 1. The number of benzene rings is 2. The molecular weight excluding hydrogens is 416 g/mol. The van der Waals surface area contributed by atoms with E-state index in [0.717, 1.165) is 50.0 Å². The monoisotopic (exact) mass is 448 g/mol. The number of hydrogen-bond acceptors (Lipinski definition) is 4. The molecule has 5 rings (SSSR count). The number of rotatable bonds is 6. The second kappa shape index (κ2) is 8.50. The minimum absolute atomic E-state index is 0.222. The molecule has 2 N–H and O–H groups in total. The van der Waals surface area contributed by atoms with Gasteiger partial charge in [0.25, 0.3) is 0 Å². The molecule has 2 heterocycles. The summed E-state index contributed by atoms with van der Waals surface area (Å²) in [6, 6.07) is 11.9. The number of hydrogen-bond donors (Lipinski definition) is 2. The molecule has 2 aliphatic rings. The van der Waals surface area contributed by atoms with Gasteiger partial charge in [0.05, 0.1) is 18.8 Å². The highest BCUT2D eigenvalue weighted by molar-refractivity contribution is 5.88. The number of aromatic amines is 1. The van der Waals surface area contributed by atoms with Crippen LogP contribution in [0.5, 0.6) is 5.75 Å². The Labute approximate surface area is 194 Å². The van der Waals surface area contributed by atoms with Gasteiger partial charge >= 0.3 is 5.97 Å². The zero-order chi connectivity index (χ0) is 23.2. The van der Waals surface area contributed by atoms with Gasteiger partial charge < -0.3 is 19.6 Å². The van der Waals surface area contributed by atoms with Gasteiger partial charge in [-0.3, -0.25) is 4.90 Å². The highest BCUT2D eigenvalue weighted by atomic mass is 16.5. The summed E-state index contributed by atoms with van der Waals surface area (Å²) in [7, 11) is 3.55.